The topological polar surface area (TPSA) is 30.5 Å². The van der Waals surface area contributed by atoms with Crippen molar-refractivity contribution in [2.24, 2.45) is 5.92 Å². The fraction of sp³-hybridized carbons (Fsp3) is 0.667. The molecule has 0 heterocycles. The van der Waals surface area contributed by atoms with E-state index in [1.807, 2.05) is 6.07 Å². The second kappa shape index (κ2) is 8.28. The summed E-state index contributed by atoms with van der Waals surface area (Å²) >= 11 is 0. The van der Waals surface area contributed by atoms with E-state index in [0.29, 0.717) is 6.04 Å². The molecule has 1 N–H and O–H groups in total. The van der Waals surface area contributed by atoms with Gasteiger partial charge in [0.05, 0.1) is 14.2 Å². The first-order valence-corrected chi connectivity index (χ1v) is 8.15. The van der Waals surface area contributed by atoms with Crippen LogP contribution in [0.25, 0.3) is 0 Å². The van der Waals surface area contributed by atoms with Crippen LogP contribution >= 0.6 is 0 Å². The van der Waals surface area contributed by atoms with Crippen molar-refractivity contribution >= 4 is 0 Å². The highest BCUT2D eigenvalue weighted by Crippen LogP contribution is 2.30. The van der Waals surface area contributed by atoms with Crippen LogP contribution in [0.3, 0.4) is 0 Å². The molecule has 1 fully saturated rings. The molecule has 1 aromatic carbocycles. The quantitative estimate of drug-likeness (QED) is 0.829. The molecule has 0 spiro atoms. The minimum atomic E-state index is 0.547. The van der Waals surface area contributed by atoms with E-state index in [1.54, 1.807) is 14.2 Å². The number of methoxy groups -OCH3 is 2. The van der Waals surface area contributed by atoms with Gasteiger partial charge in [0.1, 0.15) is 0 Å². The Bertz CT molecular complexity index is 427. The van der Waals surface area contributed by atoms with Crippen LogP contribution in [-0.2, 0) is 6.42 Å². The van der Waals surface area contributed by atoms with E-state index in [1.165, 1.54) is 44.1 Å². The number of hydrogen-bond acceptors (Lipinski definition) is 3. The maximum absolute atomic E-state index is 5.40. The molecule has 0 aliphatic heterocycles. The van der Waals surface area contributed by atoms with Crippen LogP contribution in [0.5, 0.6) is 11.5 Å². The van der Waals surface area contributed by atoms with Crippen molar-refractivity contribution in [3.8, 4) is 11.5 Å². The molecule has 3 heteroatoms. The van der Waals surface area contributed by atoms with Crippen molar-refractivity contribution in [2.45, 2.75) is 51.0 Å². The van der Waals surface area contributed by atoms with Gasteiger partial charge < -0.3 is 14.8 Å². The van der Waals surface area contributed by atoms with E-state index in [-0.39, 0.29) is 0 Å². The highest BCUT2D eigenvalue weighted by molar-refractivity contribution is 5.43. The smallest absolute Gasteiger partial charge is 0.160 e. The Balaban J connectivity index is 1.97. The first-order chi connectivity index (χ1) is 10.3. The molecule has 1 aliphatic rings. The molecule has 1 saturated carbocycles. The molecular weight excluding hydrogens is 262 g/mol. The SMILES string of the molecule is CNC(Cc1ccc(OC)c(OC)c1)CC1CCCCC1. The van der Waals surface area contributed by atoms with Crippen LogP contribution < -0.4 is 14.8 Å². The van der Waals surface area contributed by atoms with E-state index in [0.717, 1.165) is 23.8 Å². The molecule has 0 aromatic heterocycles. The van der Waals surface area contributed by atoms with Crippen LogP contribution in [0.1, 0.15) is 44.1 Å². The summed E-state index contributed by atoms with van der Waals surface area (Å²) in [5.74, 6) is 2.52. The van der Waals surface area contributed by atoms with E-state index in [4.69, 9.17) is 9.47 Å². The standard InChI is InChI=1S/C18H29NO2/c1-19-16(11-14-7-5-4-6-8-14)12-15-9-10-17(20-2)18(13-15)21-3/h9-10,13-14,16,19H,4-8,11-12H2,1-3H3. The monoisotopic (exact) mass is 291 g/mol. The van der Waals surface area contributed by atoms with E-state index in [2.05, 4.69) is 24.5 Å². The minimum absolute atomic E-state index is 0.547. The van der Waals surface area contributed by atoms with E-state index >= 15 is 0 Å². The number of benzene rings is 1. The predicted octanol–water partition coefficient (Wildman–Crippen LogP) is 3.80. The molecule has 0 amide bonds. The summed E-state index contributed by atoms with van der Waals surface area (Å²) in [5.41, 5.74) is 1.31. The number of likely N-dealkylation sites (N-methyl/N-ethyl adjacent to an activating group) is 1. The predicted molar refractivity (Wildman–Crippen MR) is 87.3 cm³/mol. The largest absolute Gasteiger partial charge is 0.493 e. The van der Waals surface area contributed by atoms with Gasteiger partial charge in [0.25, 0.3) is 0 Å². The molecule has 21 heavy (non-hydrogen) atoms. The van der Waals surface area contributed by atoms with Crippen LogP contribution in [0, 0.1) is 5.92 Å². The zero-order valence-electron chi connectivity index (χ0n) is 13.7. The Labute approximate surface area is 129 Å². The fourth-order valence-corrected chi connectivity index (χ4v) is 3.42. The molecule has 0 radical (unpaired) electrons. The van der Waals surface area contributed by atoms with Gasteiger partial charge in [0.2, 0.25) is 0 Å². The average Bonchev–Trinajstić information content (AvgIpc) is 2.55. The lowest BCUT2D eigenvalue weighted by molar-refractivity contribution is 0.302. The normalized spacial score (nSPS) is 17.5. The average molecular weight is 291 g/mol. The molecule has 3 nitrogen and oxygen atoms in total. The molecule has 2 rings (SSSR count). The Morgan fingerprint density at radius 1 is 1.10 bits per heavy atom. The Hall–Kier alpha value is -1.22. The molecule has 1 aliphatic carbocycles. The fourth-order valence-electron chi connectivity index (χ4n) is 3.42. The van der Waals surface area contributed by atoms with Crippen molar-refractivity contribution in [2.75, 3.05) is 21.3 Å². The summed E-state index contributed by atoms with van der Waals surface area (Å²) in [6, 6.07) is 6.80. The van der Waals surface area contributed by atoms with Gasteiger partial charge in [-0.1, -0.05) is 38.2 Å². The van der Waals surface area contributed by atoms with Gasteiger partial charge in [-0.05, 0) is 43.5 Å². The second-order valence-corrected chi connectivity index (χ2v) is 6.12. The van der Waals surface area contributed by atoms with Crippen molar-refractivity contribution in [3.05, 3.63) is 23.8 Å². The Morgan fingerprint density at radius 2 is 1.81 bits per heavy atom. The summed E-state index contributed by atoms with van der Waals surface area (Å²) < 4.78 is 10.7. The van der Waals surface area contributed by atoms with E-state index in [9.17, 15) is 0 Å². The zero-order chi connectivity index (χ0) is 15.1. The molecular formula is C18H29NO2. The molecule has 0 bridgehead atoms. The van der Waals surface area contributed by atoms with Crippen molar-refractivity contribution in [3.63, 3.8) is 0 Å². The first-order valence-electron chi connectivity index (χ1n) is 8.15. The lowest BCUT2D eigenvalue weighted by atomic mass is 9.83. The maximum atomic E-state index is 5.40. The Morgan fingerprint density at radius 3 is 2.43 bits per heavy atom. The number of ether oxygens (including phenoxy) is 2. The lowest BCUT2D eigenvalue weighted by Crippen LogP contribution is -2.30. The minimum Gasteiger partial charge on any atom is -0.493 e. The summed E-state index contributed by atoms with van der Waals surface area (Å²) in [6.45, 7) is 0. The zero-order valence-corrected chi connectivity index (χ0v) is 13.7. The number of hydrogen-bond donors (Lipinski definition) is 1. The van der Waals surface area contributed by atoms with Crippen molar-refractivity contribution < 1.29 is 9.47 Å². The third-order valence-electron chi connectivity index (χ3n) is 4.68. The molecule has 1 unspecified atom stereocenters. The Kier molecular flexibility index (Phi) is 6.37. The maximum Gasteiger partial charge on any atom is 0.160 e. The van der Waals surface area contributed by atoms with Gasteiger partial charge in [-0.2, -0.15) is 0 Å². The second-order valence-electron chi connectivity index (χ2n) is 6.12. The molecule has 1 atom stereocenters. The number of rotatable bonds is 7. The summed E-state index contributed by atoms with van der Waals surface area (Å²) in [7, 11) is 5.45. The third-order valence-corrected chi connectivity index (χ3v) is 4.68. The third kappa shape index (κ3) is 4.63. The molecule has 1 aromatic rings. The van der Waals surface area contributed by atoms with Crippen molar-refractivity contribution in [1.82, 2.24) is 5.32 Å². The highest BCUT2D eigenvalue weighted by atomic mass is 16.5. The summed E-state index contributed by atoms with van der Waals surface area (Å²) in [6.07, 6.45) is 9.40. The van der Waals surface area contributed by atoms with Gasteiger partial charge in [-0.3, -0.25) is 0 Å². The van der Waals surface area contributed by atoms with Gasteiger partial charge in [0, 0.05) is 6.04 Å². The van der Waals surface area contributed by atoms with Crippen LogP contribution in [0.2, 0.25) is 0 Å². The van der Waals surface area contributed by atoms with Crippen LogP contribution in [0.4, 0.5) is 0 Å². The first kappa shape index (κ1) is 16.2. The highest BCUT2D eigenvalue weighted by Gasteiger charge is 2.18. The van der Waals surface area contributed by atoms with Gasteiger partial charge in [-0.25, -0.2) is 0 Å². The summed E-state index contributed by atoms with van der Waals surface area (Å²) in [4.78, 5) is 0. The van der Waals surface area contributed by atoms with E-state index < -0.39 is 0 Å². The molecule has 118 valence electrons. The lowest BCUT2D eigenvalue weighted by Gasteiger charge is -2.26. The van der Waals surface area contributed by atoms with Crippen LogP contribution in [0.15, 0.2) is 18.2 Å². The van der Waals surface area contributed by atoms with Gasteiger partial charge >= 0.3 is 0 Å². The molecule has 0 saturated heterocycles. The number of nitrogens with one attached hydrogen (secondary N) is 1. The van der Waals surface area contributed by atoms with Crippen LogP contribution in [-0.4, -0.2) is 27.3 Å². The van der Waals surface area contributed by atoms with Crippen molar-refractivity contribution in [1.29, 1.82) is 0 Å². The van der Waals surface area contributed by atoms with Gasteiger partial charge in [0.15, 0.2) is 11.5 Å². The van der Waals surface area contributed by atoms with Gasteiger partial charge in [-0.15, -0.1) is 0 Å². The summed E-state index contributed by atoms with van der Waals surface area (Å²) in [5, 5.41) is 3.49.